The fraction of sp³-hybridized carbons (Fsp3) is 0.444. The van der Waals surface area contributed by atoms with Gasteiger partial charge in [0, 0.05) is 19.5 Å². The Morgan fingerprint density at radius 3 is 3.00 bits per heavy atom. The second-order valence-corrected chi connectivity index (χ2v) is 3.63. The number of carboxylic acids is 1. The van der Waals surface area contributed by atoms with Crippen molar-refractivity contribution in [3.05, 3.63) is 27.4 Å². The lowest BCUT2D eigenvalue weighted by Gasteiger charge is -2.23. The lowest BCUT2D eigenvalue weighted by atomic mass is 10.1. The Labute approximate surface area is 85.6 Å². The topological polar surface area (TPSA) is 86.3 Å². The molecule has 0 saturated carbocycles. The zero-order chi connectivity index (χ0) is 11.0. The lowest BCUT2D eigenvalue weighted by Crippen LogP contribution is -2.34. The highest BCUT2D eigenvalue weighted by atomic mass is 16.4. The van der Waals surface area contributed by atoms with E-state index >= 15 is 0 Å². The molecule has 1 aromatic heterocycles. The summed E-state index contributed by atoms with van der Waals surface area (Å²) in [6.07, 6.45) is 0.621. The maximum absolute atomic E-state index is 11.5. The Bertz CT molecular complexity index is 466. The van der Waals surface area contributed by atoms with Gasteiger partial charge in [0.15, 0.2) is 0 Å². The van der Waals surface area contributed by atoms with E-state index in [4.69, 9.17) is 5.11 Å². The van der Waals surface area contributed by atoms with E-state index in [2.05, 4.69) is 9.97 Å². The highest BCUT2D eigenvalue weighted by molar-refractivity contribution is 5.83. The van der Waals surface area contributed by atoms with Gasteiger partial charge in [-0.2, -0.15) is 0 Å². The fourth-order valence-corrected chi connectivity index (χ4v) is 1.66. The smallest absolute Gasteiger partial charge is 0.372 e. The Morgan fingerprint density at radius 2 is 2.33 bits per heavy atom. The third-order valence-electron chi connectivity index (χ3n) is 2.46. The number of nitrogens with zero attached hydrogens (tertiary/aromatic N) is 2. The van der Waals surface area contributed by atoms with Crippen molar-refractivity contribution in [3.8, 4) is 0 Å². The van der Waals surface area contributed by atoms with Crippen molar-refractivity contribution < 1.29 is 9.90 Å². The van der Waals surface area contributed by atoms with Gasteiger partial charge in [0.2, 0.25) is 5.82 Å². The number of likely N-dealkylation sites (N-methyl/N-ethyl adjacent to an activating group) is 1. The van der Waals surface area contributed by atoms with Crippen LogP contribution in [0, 0.1) is 0 Å². The number of fused-ring (bicyclic) bond motifs is 1. The summed E-state index contributed by atoms with van der Waals surface area (Å²) in [5.41, 5.74) is 0.840. The quantitative estimate of drug-likeness (QED) is 0.648. The first kappa shape index (κ1) is 9.85. The van der Waals surface area contributed by atoms with Crippen molar-refractivity contribution in [3.63, 3.8) is 0 Å². The molecular weight excluding hydrogens is 198 g/mol. The second-order valence-electron chi connectivity index (χ2n) is 3.63. The summed E-state index contributed by atoms with van der Waals surface area (Å²) in [5.74, 6) is -1.47. The minimum absolute atomic E-state index is 0.275. The van der Waals surface area contributed by atoms with Crippen LogP contribution in [0.2, 0.25) is 0 Å². The van der Waals surface area contributed by atoms with E-state index in [0.29, 0.717) is 24.2 Å². The van der Waals surface area contributed by atoms with E-state index in [1.165, 1.54) is 0 Å². The highest BCUT2D eigenvalue weighted by Gasteiger charge is 2.20. The van der Waals surface area contributed by atoms with Gasteiger partial charge in [0.1, 0.15) is 0 Å². The molecule has 0 aliphatic carbocycles. The van der Waals surface area contributed by atoms with Crippen LogP contribution in [0.4, 0.5) is 0 Å². The van der Waals surface area contributed by atoms with E-state index in [1.807, 2.05) is 11.9 Å². The Balaban J connectivity index is 2.53. The van der Waals surface area contributed by atoms with Gasteiger partial charge in [-0.25, -0.2) is 9.78 Å². The lowest BCUT2D eigenvalue weighted by molar-refractivity contribution is 0.0682. The van der Waals surface area contributed by atoms with Crippen LogP contribution in [0.15, 0.2) is 4.79 Å². The Morgan fingerprint density at radius 1 is 1.60 bits per heavy atom. The molecule has 2 rings (SSSR count). The van der Waals surface area contributed by atoms with E-state index in [0.717, 1.165) is 6.54 Å². The van der Waals surface area contributed by atoms with Gasteiger partial charge in [0.25, 0.3) is 5.56 Å². The van der Waals surface area contributed by atoms with Crippen LogP contribution in [-0.4, -0.2) is 39.5 Å². The van der Waals surface area contributed by atoms with Gasteiger partial charge < -0.3 is 15.0 Å². The first-order chi connectivity index (χ1) is 7.08. The van der Waals surface area contributed by atoms with Crippen molar-refractivity contribution in [2.24, 2.45) is 0 Å². The summed E-state index contributed by atoms with van der Waals surface area (Å²) < 4.78 is 0. The van der Waals surface area contributed by atoms with Gasteiger partial charge >= 0.3 is 5.97 Å². The largest absolute Gasteiger partial charge is 0.475 e. The number of rotatable bonds is 1. The number of aromatic amines is 1. The molecule has 2 N–H and O–H groups in total. The zero-order valence-corrected chi connectivity index (χ0v) is 8.28. The molecule has 0 atom stereocenters. The molecular formula is C9H11N3O3. The van der Waals surface area contributed by atoms with Crippen molar-refractivity contribution in [2.75, 3.05) is 13.6 Å². The van der Waals surface area contributed by atoms with Crippen LogP contribution in [0.5, 0.6) is 0 Å². The Kier molecular flexibility index (Phi) is 2.28. The first-order valence-corrected chi connectivity index (χ1v) is 4.62. The maximum Gasteiger partial charge on any atom is 0.372 e. The van der Waals surface area contributed by atoms with Crippen LogP contribution in [0.25, 0.3) is 0 Å². The molecule has 1 aliphatic rings. The molecule has 0 saturated heterocycles. The number of hydrogen-bond acceptors (Lipinski definition) is 4. The minimum atomic E-state index is -1.20. The summed E-state index contributed by atoms with van der Waals surface area (Å²) in [6.45, 7) is 1.32. The van der Waals surface area contributed by atoms with Crippen molar-refractivity contribution >= 4 is 5.97 Å². The number of aromatic nitrogens is 2. The van der Waals surface area contributed by atoms with Crippen LogP contribution in [0.3, 0.4) is 0 Å². The molecule has 0 radical (unpaired) electrons. The number of hydrogen-bond donors (Lipinski definition) is 2. The molecule has 0 spiro atoms. The van der Waals surface area contributed by atoms with Gasteiger partial charge in [-0.15, -0.1) is 0 Å². The van der Waals surface area contributed by atoms with E-state index in [9.17, 15) is 9.59 Å². The summed E-state index contributed by atoms with van der Waals surface area (Å²) in [5, 5.41) is 8.72. The van der Waals surface area contributed by atoms with Crippen molar-refractivity contribution in [2.45, 2.75) is 13.0 Å². The molecule has 6 heteroatoms. The van der Waals surface area contributed by atoms with Crippen LogP contribution in [-0.2, 0) is 13.0 Å². The number of carbonyl (C=O) groups is 1. The summed E-state index contributed by atoms with van der Waals surface area (Å²) in [6, 6.07) is 0. The predicted octanol–water partition coefficient (Wildman–Crippen LogP) is -0.544. The van der Waals surface area contributed by atoms with Crippen molar-refractivity contribution in [1.82, 2.24) is 14.9 Å². The summed E-state index contributed by atoms with van der Waals surface area (Å²) in [4.78, 5) is 30.4. The normalized spacial score (nSPS) is 16.1. The van der Waals surface area contributed by atoms with E-state index in [1.54, 1.807) is 0 Å². The predicted molar refractivity (Wildman–Crippen MR) is 51.9 cm³/mol. The average Bonchev–Trinajstić information content (AvgIpc) is 2.18. The summed E-state index contributed by atoms with van der Waals surface area (Å²) in [7, 11) is 1.91. The van der Waals surface area contributed by atoms with Gasteiger partial charge in [-0.05, 0) is 7.05 Å². The van der Waals surface area contributed by atoms with Crippen LogP contribution >= 0.6 is 0 Å². The molecule has 6 nitrogen and oxygen atoms in total. The molecule has 2 heterocycles. The zero-order valence-electron chi connectivity index (χ0n) is 8.28. The molecule has 1 aromatic rings. The monoisotopic (exact) mass is 209 g/mol. The summed E-state index contributed by atoms with van der Waals surface area (Å²) >= 11 is 0. The molecule has 0 fully saturated rings. The molecule has 0 unspecified atom stereocenters. The fourth-order valence-electron chi connectivity index (χ4n) is 1.66. The molecule has 0 bridgehead atoms. The molecule has 1 aliphatic heterocycles. The molecule has 0 aromatic carbocycles. The van der Waals surface area contributed by atoms with Crippen molar-refractivity contribution in [1.29, 1.82) is 0 Å². The molecule has 0 amide bonds. The molecule has 15 heavy (non-hydrogen) atoms. The second kappa shape index (κ2) is 3.47. The average molecular weight is 209 g/mol. The number of H-pyrrole nitrogens is 1. The SMILES string of the molecule is CN1CCc2nc(C(=O)O)[nH]c(=O)c2C1. The van der Waals surface area contributed by atoms with Crippen LogP contribution in [0.1, 0.15) is 21.9 Å². The first-order valence-electron chi connectivity index (χ1n) is 4.62. The van der Waals surface area contributed by atoms with Gasteiger partial charge in [0.05, 0.1) is 11.3 Å². The third-order valence-corrected chi connectivity index (χ3v) is 2.46. The van der Waals surface area contributed by atoms with Gasteiger partial charge in [-0.3, -0.25) is 4.79 Å². The van der Waals surface area contributed by atoms with Crippen LogP contribution < -0.4 is 5.56 Å². The number of carboxylic acid groups (broad SMARTS) is 1. The van der Waals surface area contributed by atoms with E-state index < -0.39 is 5.97 Å². The third kappa shape index (κ3) is 1.75. The maximum atomic E-state index is 11.5. The van der Waals surface area contributed by atoms with Gasteiger partial charge in [-0.1, -0.05) is 0 Å². The number of aromatic carboxylic acids is 1. The van der Waals surface area contributed by atoms with E-state index in [-0.39, 0.29) is 11.4 Å². The highest BCUT2D eigenvalue weighted by Crippen LogP contribution is 2.11. The Hall–Kier alpha value is -1.69. The molecule has 80 valence electrons. The number of nitrogens with one attached hydrogen (secondary N) is 1. The minimum Gasteiger partial charge on any atom is -0.475 e. The standard InChI is InChI=1S/C9H11N3O3/c1-12-3-2-6-5(4-12)8(13)11-7(10-6)9(14)15/h2-4H2,1H3,(H,14,15)(H,10,11,13).